The fourth-order valence-electron chi connectivity index (χ4n) is 3.11. The van der Waals surface area contributed by atoms with Crippen molar-refractivity contribution >= 4 is 5.91 Å². The number of hydrogen-bond donors (Lipinski definition) is 0. The molecule has 0 spiro atoms. The van der Waals surface area contributed by atoms with Gasteiger partial charge in [-0.2, -0.15) is 5.10 Å². The van der Waals surface area contributed by atoms with E-state index in [-0.39, 0.29) is 5.91 Å². The Labute approximate surface area is 175 Å². The Bertz CT molecular complexity index is 1120. The van der Waals surface area contributed by atoms with Crippen LogP contribution in [0.15, 0.2) is 79.4 Å². The van der Waals surface area contributed by atoms with Gasteiger partial charge in [0.1, 0.15) is 18.2 Å². The Balaban J connectivity index is 1.36. The van der Waals surface area contributed by atoms with E-state index in [2.05, 4.69) is 10.1 Å². The smallest absolute Gasteiger partial charge is 0.253 e. The highest BCUT2D eigenvalue weighted by atomic mass is 16.5. The van der Waals surface area contributed by atoms with Crippen molar-refractivity contribution in [3.05, 3.63) is 96.3 Å². The molecule has 2 heterocycles. The molecule has 2 aromatic carbocycles. The maximum absolute atomic E-state index is 12.8. The summed E-state index contributed by atoms with van der Waals surface area (Å²) in [5.41, 5.74) is 2.56. The molecule has 0 aliphatic rings. The summed E-state index contributed by atoms with van der Waals surface area (Å²) in [6.07, 6.45) is 7.33. The van der Waals surface area contributed by atoms with Crippen LogP contribution in [0.1, 0.15) is 21.7 Å². The first-order chi connectivity index (χ1) is 14.6. The van der Waals surface area contributed by atoms with Gasteiger partial charge in [0.2, 0.25) is 0 Å². The number of imidazole rings is 1. The molecule has 1 amide bonds. The van der Waals surface area contributed by atoms with Crippen LogP contribution in [0.3, 0.4) is 0 Å². The van der Waals surface area contributed by atoms with Crippen molar-refractivity contribution in [1.82, 2.24) is 24.2 Å². The van der Waals surface area contributed by atoms with Gasteiger partial charge in [0.05, 0.1) is 11.9 Å². The van der Waals surface area contributed by atoms with Crippen molar-refractivity contribution in [3.63, 3.8) is 0 Å². The van der Waals surface area contributed by atoms with Crippen molar-refractivity contribution in [2.75, 3.05) is 7.05 Å². The van der Waals surface area contributed by atoms with Gasteiger partial charge in [-0.05, 0) is 36.4 Å². The quantitative estimate of drug-likeness (QED) is 0.476. The Morgan fingerprint density at radius 2 is 1.87 bits per heavy atom. The van der Waals surface area contributed by atoms with E-state index in [9.17, 15) is 4.79 Å². The first-order valence-electron chi connectivity index (χ1n) is 9.63. The van der Waals surface area contributed by atoms with Crippen molar-refractivity contribution in [2.45, 2.75) is 13.2 Å². The Kier molecular flexibility index (Phi) is 5.61. The second-order valence-corrected chi connectivity index (χ2v) is 7.06. The molecular formula is C23H23N5O2. The second-order valence-electron chi connectivity index (χ2n) is 7.06. The van der Waals surface area contributed by atoms with E-state index in [4.69, 9.17) is 4.74 Å². The molecule has 0 saturated heterocycles. The zero-order chi connectivity index (χ0) is 20.9. The molecule has 30 heavy (non-hydrogen) atoms. The highest BCUT2D eigenvalue weighted by Gasteiger charge is 2.13. The second kappa shape index (κ2) is 8.65. The fourth-order valence-corrected chi connectivity index (χ4v) is 3.11. The number of carbonyl (C=O) groups is 1. The van der Waals surface area contributed by atoms with E-state index < -0.39 is 0 Å². The van der Waals surface area contributed by atoms with Crippen LogP contribution in [0, 0.1) is 0 Å². The lowest BCUT2D eigenvalue weighted by atomic mass is 10.2. The lowest BCUT2D eigenvalue weighted by molar-refractivity contribution is 0.0785. The molecule has 0 atom stereocenters. The first kappa shape index (κ1) is 19.4. The SMILES string of the molecule is CN(Cc1cnn(-c2ccccc2)c1)C(=O)c1ccc(OCc2nccn2C)cc1. The molecule has 0 aliphatic heterocycles. The zero-order valence-electron chi connectivity index (χ0n) is 17.0. The van der Waals surface area contributed by atoms with Crippen LogP contribution in [0.4, 0.5) is 0 Å². The molecule has 0 radical (unpaired) electrons. The van der Waals surface area contributed by atoms with Crippen LogP contribution in [-0.4, -0.2) is 37.2 Å². The highest BCUT2D eigenvalue weighted by Crippen LogP contribution is 2.16. The standard InChI is InChI=1S/C23H23N5O2/c1-26-13-12-24-22(26)17-30-21-10-8-19(9-11-21)23(29)27(2)15-18-14-25-28(16-18)20-6-4-3-5-7-20/h3-14,16H,15,17H2,1-2H3. The third kappa shape index (κ3) is 4.41. The summed E-state index contributed by atoms with van der Waals surface area (Å²) in [7, 11) is 3.71. The van der Waals surface area contributed by atoms with Gasteiger partial charge in [0, 0.05) is 50.4 Å². The average Bonchev–Trinajstić information content (AvgIpc) is 3.41. The van der Waals surface area contributed by atoms with Gasteiger partial charge in [-0.1, -0.05) is 18.2 Å². The maximum atomic E-state index is 12.8. The zero-order valence-corrected chi connectivity index (χ0v) is 17.0. The molecule has 2 aromatic heterocycles. The first-order valence-corrected chi connectivity index (χ1v) is 9.63. The summed E-state index contributed by atoms with van der Waals surface area (Å²) in [6, 6.07) is 17.0. The normalized spacial score (nSPS) is 10.7. The van der Waals surface area contributed by atoms with Crippen molar-refractivity contribution in [2.24, 2.45) is 7.05 Å². The summed E-state index contributed by atoms with van der Waals surface area (Å²) >= 11 is 0. The molecule has 0 fully saturated rings. The van der Waals surface area contributed by atoms with Crippen molar-refractivity contribution in [3.8, 4) is 11.4 Å². The van der Waals surface area contributed by atoms with E-state index in [1.54, 1.807) is 53.3 Å². The molecular weight excluding hydrogens is 378 g/mol. The predicted molar refractivity (Wildman–Crippen MR) is 113 cm³/mol. The van der Waals surface area contributed by atoms with Crippen LogP contribution < -0.4 is 4.74 Å². The van der Waals surface area contributed by atoms with Gasteiger partial charge < -0.3 is 14.2 Å². The largest absolute Gasteiger partial charge is 0.486 e. The number of para-hydroxylation sites is 1. The number of aryl methyl sites for hydroxylation is 1. The Morgan fingerprint density at radius 3 is 2.57 bits per heavy atom. The number of benzene rings is 2. The number of amides is 1. The number of ether oxygens (including phenoxy) is 1. The van der Waals surface area contributed by atoms with Gasteiger partial charge >= 0.3 is 0 Å². The van der Waals surface area contributed by atoms with Crippen LogP contribution in [-0.2, 0) is 20.2 Å². The number of hydrogen-bond acceptors (Lipinski definition) is 4. The van der Waals surface area contributed by atoms with Crippen LogP contribution in [0.2, 0.25) is 0 Å². The minimum atomic E-state index is -0.0573. The number of rotatable bonds is 7. The lowest BCUT2D eigenvalue weighted by Gasteiger charge is -2.16. The summed E-state index contributed by atoms with van der Waals surface area (Å²) < 4.78 is 9.46. The van der Waals surface area contributed by atoms with E-state index in [1.807, 2.05) is 54.3 Å². The molecule has 0 N–H and O–H groups in total. The van der Waals surface area contributed by atoms with E-state index in [0.29, 0.717) is 24.5 Å². The van der Waals surface area contributed by atoms with Gasteiger partial charge in [-0.3, -0.25) is 4.79 Å². The number of nitrogens with zero attached hydrogens (tertiary/aromatic N) is 5. The molecule has 0 saturated carbocycles. The lowest BCUT2D eigenvalue weighted by Crippen LogP contribution is -2.25. The van der Waals surface area contributed by atoms with Gasteiger partial charge in [0.25, 0.3) is 5.91 Å². The van der Waals surface area contributed by atoms with E-state index in [0.717, 1.165) is 17.1 Å². The number of carbonyl (C=O) groups excluding carboxylic acids is 1. The Hall–Kier alpha value is -3.87. The average molecular weight is 401 g/mol. The van der Waals surface area contributed by atoms with Crippen LogP contribution >= 0.6 is 0 Å². The number of aromatic nitrogens is 4. The van der Waals surface area contributed by atoms with E-state index in [1.165, 1.54) is 0 Å². The molecule has 4 rings (SSSR count). The molecule has 152 valence electrons. The molecule has 7 nitrogen and oxygen atoms in total. The maximum Gasteiger partial charge on any atom is 0.253 e. The summed E-state index contributed by atoms with van der Waals surface area (Å²) in [6.45, 7) is 0.852. The van der Waals surface area contributed by atoms with Crippen LogP contribution in [0.5, 0.6) is 5.75 Å². The van der Waals surface area contributed by atoms with Crippen molar-refractivity contribution < 1.29 is 9.53 Å². The van der Waals surface area contributed by atoms with Gasteiger partial charge in [-0.15, -0.1) is 0 Å². The topological polar surface area (TPSA) is 65.2 Å². The third-order valence-corrected chi connectivity index (χ3v) is 4.81. The summed E-state index contributed by atoms with van der Waals surface area (Å²) in [4.78, 5) is 18.7. The molecule has 4 aromatic rings. The Morgan fingerprint density at radius 1 is 1.10 bits per heavy atom. The summed E-state index contributed by atoms with van der Waals surface area (Å²) in [5.74, 6) is 1.48. The third-order valence-electron chi connectivity index (χ3n) is 4.81. The molecule has 0 bridgehead atoms. The molecule has 0 unspecified atom stereocenters. The highest BCUT2D eigenvalue weighted by molar-refractivity contribution is 5.94. The molecule has 0 aliphatic carbocycles. The predicted octanol–water partition coefficient (Wildman–Crippen LogP) is 3.46. The van der Waals surface area contributed by atoms with Gasteiger partial charge in [0.15, 0.2) is 0 Å². The minimum absolute atomic E-state index is 0.0573. The summed E-state index contributed by atoms with van der Waals surface area (Å²) in [5, 5.41) is 4.39. The van der Waals surface area contributed by atoms with Crippen LogP contribution in [0.25, 0.3) is 5.69 Å². The fraction of sp³-hybridized carbons (Fsp3) is 0.174. The van der Waals surface area contributed by atoms with Gasteiger partial charge in [-0.25, -0.2) is 9.67 Å². The van der Waals surface area contributed by atoms with Crippen molar-refractivity contribution in [1.29, 1.82) is 0 Å². The molecule has 7 heteroatoms. The monoisotopic (exact) mass is 401 g/mol. The van der Waals surface area contributed by atoms with E-state index >= 15 is 0 Å². The minimum Gasteiger partial charge on any atom is -0.486 e.